The van der Waals surface area contributed by atoms with Gasteiger partial charge < -0.3 is 10.3 Å². The number of carbonyl (C=O) groups is 1. The van der Waals surface area contributed by atoms with E-state index in [1.54, 1.807) is 22.7 Å². The third kappa shape index (κ3) is 2.72. The summed E-state index contributed by atoms with van der Waals surface area (Å²) in [6.45, 7) is 2.92. The smallest absolute Gasteiger partial charge is 0.250 e. The molecule has 4 nitrogen and oxygen atoms in total. The number of thiophene rings is 1. The molecule has 1 aliphatic rings. The predicted octanol–water partition coefficient (Wildman–Crippen LogP) is 4.16. The standard InChI is InChI=1S/C17H17N3OS2/c1-10-12(16(18)21)7-14(20(10)8-11-4-5-11)13-9-23-17(19-13)15-3-2-6-22-15/h2-3,6-7,9,11H,4-5,8H2,1H3,(H2,18,21). The minimum Gasteiger partial charge on any atom is -0.366 e. The number of primary amides is 1. The van der Waals surface area contributed by atoms with Gasteiger partial charge in [0.15, 0.2) is 0 Å². The molecule has 3 aromatic rings. The molecule has 1 fully saturated rings. The second kappa shape index (κ2) is 5.62. The van der Waals surface area contributed by atoms with Gasteiger partial charge in [0.2, 0.25) is 0 Å². The first-order valence-corrected chi connectivity index (χ1v) is 9.39. The number of nitrogens with zero attached hydrogens (tertiary/aromatic N) is 2. The van der Waals surface area contributed by atoms with Crippen molar-refractivity contribution in [1.29, 1.82) is 0 Å². The molecule has 0 unspecified atom stereocenters. The van der Waals surface area contributed by atoms with E-state index in [1.807, 2.05) is 19.1 Å². The molecule has 1 amide bonds. The summed E-state index contributed by atoms with van der Waals surface area (Å²) in [7, 11) is 0. The second-order valence-corrected chi connectivity index (χ2v) is 7.77. The lowest BCUT2D eigenvalue weighted by Gasteiger charge is -2.09. The van der Waals surface area contributed by atoms with Gasteiger partial charge in [0.1, 0.15) is 5.01 Å². The molecule has 0 spiro atoms. The van der Waals surface area contributed by atoms with E-state index < -0.39 is 0 Å². The highest BCUT2D eigenvalue weighted by Crippen LogP contribution is 2.36. The minimum atomic E-state index is -0.369. The molecule has 6 heteroatoms. The molecule has 23 heavy (non-hydrogen) atoms. The normalized spacial score (nSPS) is 14.3. The average molecular weight is 343 g/mol. The van der Waals surface area contributed by atoms with Crippen LogP contribution < -0.4 is 5.73 Å². The summed E-state index contributed by atoms with van der Waals surface area (Å²) in [5.41, 5.74) is 9.02. The molecule has 3 heterocycles. The van der Waals surface area contributed by atoms with Gasteiger partial charge in [-0.3, -0.25) is 4.79 Å². The highest BCUT2D eigenvalue weighted by atomic mass is 32.1. The van der Waals surface area contributed by atoms with E-state index >= 15 is 0 Å². The van der Waals surface area contributed by atoms with E-state index in [4.69, 9.17) is 10.7 Å². The number of hydrogen-bond acceptors (Lipinski definition) is 4. The third-order valence-electron chi connectivity index (χ3n) is 4.27. The Labute approximate surface area is 142 Å². The maximum atomic E-state index is 11.7. The Balaban J connectivity index is 1.78. The van der Waals surface area contributed by atoms with Gasteiger partial charge in [-0.1, -0.05) is 6.07 Å². The minimum absolute atomic E-state index is 0.369. The molecule has 0 radical (unpaired) electrons. The van der Waals surface area contributed by atoms with Crippen molar-refractivity contribution >= 4 is 28.6 Å². The van der Waals surface area contributed by atoms with E-state index in [9.17, 15) is 4.79 Å². The van der Waals surface area contributed by atoms with Crippen molar-refractivity contribution in [2.75, 3.05) is 0 Å². The van der Waals surface area contributed by atoms with Gasteiger partial charge in [-0.2, -0.15) is 0 Å². The van der Waals surface area contributed by atoms with Crippen LogP contribution in [0.4, 0.5) is 0 Å². The summed E-state index contributed by atoms with van der Waals surface area (Å²) in [6, 6.07) is 6.01. The van der Waals surface area contributed by atoms with Gasteiger partial charge in [0.05, 0.1) is 21.8 Å². The number of hydrogen-bond donors (Lipinski definition) is 1. The van der Waals surface area contributed by atoms with Crippen molar-refractivity contribution in [3.05, 3.63) is 40.2 Å². The molecular weight excluding hydrogens is 326 g/mol. The number of amides is 1. The lowest BCUT2D eigenvalue weighted by molar-refractivity contribution is 0.0999. The molecule has 1 aliphatic carbocycles. The molecule has 4 rings (SSSR count). The fourth-order valence-electron chi connectivity index (χ4n) is 2.81. The molecule has 0 aromatic carbocycles. The number of aromatic nitrogens is 2. The highest BCUT2D eigenvalue weighted by molar-refractivity contribution is 7.20. The predicted molar refractivity (Wildman–Crippen MR) is 94.8 cm³/mol. The summed E-state index contributed by atoms with van der Waals surface area (Å²) in [4.78, 5) is 17.7. The average Bonchev–Trinajstić information content (AvgIpc) is 2.95. The lowest BCUT2D eigenvalue weighted by Crippen LogP contribution is -2.12. The van der Waals surface area contributed by atoms with E-state index in [2.05, 4.69) is 21.4 Å². The van der Waals surface area contributed by atoms with Gasteiger partial charge >= 0.3 is 0 Å². The second-order valence-electron chi connectivity index (χ2n) is 5.96. The Hall–Kier alpha value is -1.92. The quantitative estimate of drug-likeness (QED) is 0.756. The Kier molecular flexibility index (Phi) is 3.58. The number of thiazole rings is 1. The van der Waals surface area contributed by atoms with Crippen LogP contribution in [0.2, 0.25) is 0 Å². The molecule has 0 saturated heterocycles. The Morgan fingerprint density at radius 3 is 2.91 bits per heavy atom. The molecule has 0 atom stereocenters. The van der Waals surface area contributed by atoms with Crippen molar-refractivity contribution in [3.8, 4) is 21.3 Å². The van der Waals surface area contributed by atoms with Gasteiger partial charge in [0.25, 0.3) is 5.91 Å². The maximum Gasteiger partial charge on any atom is 0.250 e. The van der Waals surface area contributed by atoms with Crippen LogP contribution in [-0.2, 0) is 6.54 Å². The van der Waals surface area contributed by atoms with Crippen molar-refractivity contribution in [2.24, 2.45) is 11.7 Å². The van der Waals surface area contributed by atoms with Crippen molar-refractivity contribution in [3.63, 3.8) is 0 Å². The van der Waals surface area contributed by atoms with Gasteiger partial charge in [-0.05, 0) is 43.2 Å². The lowest BCUT2D eigenvalue weighted by atomic mass is 10.2. The maximum absolute atomic E-state index is 11.7. The molecular formula is C17H17N3OS2. The van der Waals surface area contributed by atoms with Crippen LogP contribution in [0.3, 0.4) is 0 Å². The van der Waals surface area contributed by atoms with Gasteiger partial charge in [-0.25, -0.2) is 4.98 Å². The van der Waals surface area contributed by atoms with E-state index in [0.717, 1.165) is 34.6 Å². The fraction of sp³-hybridized carbons (Fsp3) is 0.294. The third-order valence-corrected chi connectivity index (χ3v) is 6.15. The van der Waals surface area contributed by atoms with Crippen LogP contribution in [0.1, 0.15) is 28.9 Å². The largest absolute Gasteiger partial charge is 0.366 e. The van der Waals surface area contributed by atoms with Crippen LogP contribution in [0.5, 0.6) is 0 Å². The van der Waals surface area contributed by atoms with Gasteiger partial charge in [-0.15, -0.1) is 22.7 Å². The van der Waals surface area contributed by atoms with Crippen LogP contribution in [0.15, 0.2) is 29.0 Å². The van der Waals surface area contributed by atoms with E-state index in [0.29, 0.717) is 5.56 Å². The summed E-state index contributed by atoms with van der Waals surface area (Å²) >= 11 is 3.33. The monoisotopic (exact) mass is 343 g/mol. The zero-order valence-corrected chi connectivity index (χ0v) is 14.4. The molecule has 118 valence electrons. The first kappa shape index (κ1) is 14.7. The van der Waals surface area contributed by atoms with Crippen molar-refractivity contribution in [2.45, 2.75) is 26.3 Å². The van der Waals surface area contributed by atoms with Crippen LogP contribution in [0.25, 0.3) is 21.3 Å². The molecule has 3 aromatic heterocycles. The summed E-state index contributed by atoms with van der Waals surface area (Å²) in [5, 5.41) is 5.15. The van der Waals surface area contributed by atoms with E-state index in [1.165, 1.54) is 17.7 Å². The molecule has 1 saturated carbocycles. The zero-order chi connectivity index (χ0) is 16.0. The summed E-state index contributed by atoms with van der Waals surface area (Å²) < 4.78 is 2.21. The molecule has 0 aliphatic heterocycles. The zero-order valence-electron chi connectivity index (χ0n) is 12.8. The van der Waals surface area contributed by atoms with Crippen molar-refractivity contribution in [1.82, 2.24) is 9.55 Å². The fourth-order valence-corrected chi connectivity index (χ4v) is 4.43. The van der Waals surface area contributed by atoms with Crippen molar-refractivity contribution < 1.29 is 4.79 Å². The van der Waals surface area contributed by atoms with Crippen LogP contribution in [-0.4, -0.2) is 15.5 Å². The SMILES string of the molecule is Cc1c(C(N)=O)cc(-c2csc(-c3cccs3)n2)n1CC1CC1. The van der Waals surface area contributed by atoms with Crippen LogP contribution >= 0.6 is 22.7 Å². The molecule has 0 bridgehead atoms. The van der Waals surface area contributed by atoms with Gasteiger partial charge in [0, 0.05) is 17.6 Å². The Morgan fingerprint density at radius 2 is 2.26 bits per heavy atom. The topological polar surface area (TPSA) is 60.9 Å². The van der Waals surface area contributed by atoms with Crippen LogP contribution in [0, 0.1) is 12.8 Å². The number of rotatable bonds is 5. The highest BCUT2D eigenvalue weighted by Gasteiger charge is 2.26. The molecule has 2 N–H and O–H groups in total. The first-order chi connectivity index (χ1) is 11.1. The first-order valence-electron chi connectivity index (χ1n) is 7.63. The summed E-state index contributed by atoms with van der Waals surface area (Å²) in [5.74, 6) is 0.350. The Bertz CT molecular complexity index is 857. The number of carbonyl (C=O) groups excluding carboxylic acids is 1. The number of nitrogens with two attached hydrogens (primary N) is 1. The summed E-state index contributed by atoms with van der Waals surface area (Å²) in [6.07, 6.45) is 2.53. The Morgan fingerprint density at radius 1 is 1.43 bits per heavy atom. The van der Waals surface area contributed by atoms with E-state index in [-0.39, 0.29) is 5.91 Å².